The Morgan fingerprint density at radius 1 is 1.11 bits per heavy atom. The Morgan fingerprint density at radius 3 is 2.06 bits per heavy atom. The lowest BCUT2D eigenvalue weighted by Gasteiger charge is -2.38. The third-order valence-electron chi connectivity index (χ3n) is 4.63. The molecule has 0 amide bonds. The first kappa shape index (κ1) is 15.5. The van der Waals surface area contributed by atoms with Crippen LogP contribution >= 0.6 is 0 Å². The fourth-order valence-electron chi connectivity index (χ4n) is 3.33. The number of rotatable bonds is 5. The van der Waals surface area contributed by atoms with E-state index in [2.05, 4.69) is 51.7 Å². The molecular formula is C17H31N. The molecular weight excluding hydrogens is 218 g/mol. The molecule has 1 aliphatic rings. The van der Waals surface area contributed by atoms with E-state index in [-0.39, 0.29) is 0 Å². The fraction of sp³-hybridized carbons (Fsp3) is 0.765. The van der Waals surface area contributed by atoms with Crippen LogP contribution in [0.4, 0.5) is 0 Å². The molecule has 0 unspecified atom stereocenters. The van der Waals surface area contributed by atoms with Crippen molar-refractivity contribution in [2.75, 3.05) is 13.1 Å². The minimum absolute atomic E-state index is 0.789. The Hall–Kier alpha value is -0.560. The molecule has 0 saturated carbocycles. The number of likely N-dealkylation sites (tertiary alicyclic amines) is 1. The quantitative estimate of drug-likeness (QED) is 0.633. The van der Waals surface area contributed by atoms with Gasteiger partial charge in [-0.2, -0.15) is 0 Å². The van der Waals surface area contributed by atoms with Gasteiger partial charge in [0.15, 0.2) is 0 Å². The number of allylic oxidation sites excluding steroid dienone is 4. The summed E-state index contributed by atoms with van der Waals surface area (Å²) < 4.78 is 0. The average Bonchev–Trinajstić information content (AvgIpc) is 2.42. The van der Waals surface area contributed by atoms with E-state index in [1.165, 1.54) is 44.3 Å². The molecule has 1 aliphatic heterocycles. The van der Waals surface area contributed by atoms with Crippen LogP contribution in [0.15, 0.2) is 23.3 Å². The number of hydrogen-bond donors (Lipinski definition) is 0. The molecule has 1 heterocycles. The van der Waals surface area contributed by atoms with Gasteiger partial charge in [0.05, 0.1) is 0 Å². The minimum Gasteiger partial charge on any atom is -0.300 e. The largest absolute Gasteiger partial charge is 0.300 e. The van der Waals surface area contributed by atoms with E-state index in [0.29, 0.717) is 0 Å². The lowest BCUT2D eigenvalue weighted by Crippen LogP contribution is -2.41. The summed E-state index contributed by atoms with van der Waals surface area (Å²) in [6.45, 7) is 13.8. The number of hydrogen-bond acceptors (Lipinski definition) is 1. The van der Waals surface area contributed by atoms with Crippen molar-refractivity contribution < 1.29 is 0 Å². The minimum atomic E-state index is 0.789. The third-order valence-corrected chi connectivity index (χ3v) is 4.63. The number of piperidine rings is 1. The summed E-state index contributed by atoms with van der Waals surface area (Å²) in [6.07, 6.45) is 9.84. The van der Waals surface area contributed by atoms with Crippen molar-refractivity contribution in [1.82, 2.24) is 4.90 Å². The molecule has 0 atom stereocenters. The van der Waals surface area contributed by atoms with Gasteiger partial charge < -0.3 is 4.90 Å². The molecule has 1 fully saturated rings. The van der Waals surface area contributed by atoms with Crippen molar-refractivity contribution >= 4 is 0 Å². The van der Waals surface area contributed by atoms with Crippen molar-refractivity contribution in [3.05, 3.63) is 23.3 Å². The molecule has 18 heavy (non-hydrogen) atoms. The molecule has 0 aromatic rings. The lowest BCUT2D eigenvalue weighted by molar-refractivity contribution is 0.136. The summed E-state index contributed by atoms with van der Waals surface area (Å²) in [6, 6.07) is 0.808. The van der Waals surface area contributed by atoms with Crippen LogP contribution in [-0.2, 0) is 0 Å². The molecule has 0 spiro atoms. The molecule has 0 aromatic heterocycles. The van der Waals surface area contributed by atoms with E-state index in [9.17, 15) is 0 Å². The molecule has 1 nitrogen and oxygen atoms in total. The maximum Gasteiger partial charge on any atom is 0.00900 e. The van der Waals surface area contributed by atoms with Gasteiger partial charge >= 0.3 is 0 Å². The van der Waals surface area contributed by atoms with Gasteiger partial charge in [-0.3, -0.25) is 0 Å². The number of nitrogens with zero attached hydrogens (tertiary/aromatic N) is 1. The van der Waals surface area contributed by atoms with E-state index < -0.39 is 0 Å². The first-order valence-corrected chi connectivity index (χ1v) is 7.71. The Balaban J connectivity index is 2.58. The summed E-state index contributed by atoms with van der Waals surface area (Å²) in [5.74, 6) is 0.789. The maximum absolute atomic E-state index is 2.70. The normalized spacial score (nSPS) is 20.8. The maximum atomic E-state index is 2.70. The average molecular weight is 249 g/mol. The smallest absolute Gasteiger partial charge is 0.00900 e. The van der Waals surface area contributed by atoms with Crippen molar-refractivity contribution in [2.24, 2.45) is 5.92 Å². The van der Waals surface area contributed by atoms with E-state index in [0.717, 1.165) is 12.0 Å². The predicted octanol–water partition coefficient (Wildman–Crippen LogP) is 4.80. The first-order chi connectivity index (χ1) is 8.67. The van der Waals surface area contributed by atoms with E-state index in [4.69, 9.17) is 0 Å². The van der Waals surface area contributed by atoms with E-state index in [1.807, 2.05) is 0 Å². The van der Waals surface area contributed by atoms with E-state index in [1.54, 1.807) is 5.57 Å². The molecule has 0 aromatic carbocycles. The Morgan fingerprint density at radius 2 is 1.67 bits per heavy atom. The molecule has 1 rings (SSSR count). The van der Waals surface area contributed by atoms with Gasteiger partial charge in [0, 0.05) is 6.04 Å². The van der Waals surface area contributed by atoms with Gasteiger partial charge in [-0.25, -0.2) is 0 Å². The van der Waals surface area contributed by atoms with E-state index >= 15 is 0 Å². The highest BCUT2D eigenvalue weighted by atomic mass is 15.2. The fourth-order valence-corrected chi connectivity index (χ4v) is 3.33. The van der Waals surface area contributed by atoms with Crippen LogP contribution in [0.5, 0.6) is 0 Å². The first-order valence-electron chi connectivity index (χ1n) is 7.71. The van der Waals surface area contributed by atoms with Crippen LogP contribution in [0.2, 0.25) is 0 Å². The standard InChI is InChI=1S/C17H31N/c1-6-14(5)17(9-4)15-10-12-18(13-11-15)16(7-2)8-3/h6,9,15-16H,7-8,10-13H2,1-5H3/b14-6-,17-9+. The Kier molecular flexibility index (Phi) is 6.70. The zero-order valence-electron chi connectivity index (χ0n) is 13.0. The zero-order valence-corrected chi connectivity index (χ0v) is 13.0. The zero-order chi connectivity index (χ0) is 13.5. The van der Waals surface area contributed by atoms with Crippen molar-refractivity contribution in [2.45, 2.75) is 66.3 Å². The highest BCUT2D eigenvalue weighted by Gasteiger charge is 2.25. The van der Waals surface area contributed by atoms with Crippen LogP contribution in [0.25, 0.3) is 0 Å². The van der Waals surface area contributed by atoms with Crippen molar-refractivity contribution in [3.63, 3.8) is 0 Å². The van der Waals surface area contributed by atoms with Gasteiger partial charge in [-0.1, -0.05) is 31.6 Å². The van der Waals surface area contributed by atoms with Crippen molar-refractivity contribution in [3.8, 4) is 0 Å². The summed E-state index contributed by atoms with van der Waals surface area (Å²) in [5, 5.41) is 0. The van der Waals surface area contributed by atoms with Gasteiger partial charge in [-0.15, -0.1) is 0 Å². The molecule has 0 N–H and O–H groups in total. The second kappa shape index (κ2) is 7.78. The summed E-state index contributed by atoms with van der Waals surface area (Å²) in [4.78, 5) is 2.70. The van der Waals surface area contributed by atoms with Crippen LogP contribution < -0.4 is 0 Å². The molecule has 0 radical (unpaired) electrons. The summed E-state index contributed by atoms with van der Waals surface area (Å²) in [5.41, 5.74) is 3.06. The topological polar surface area (TPSA) is 3.24 Å². The van der Waals surface area contributed by atoms with Crippen LogP contribution in [0.3, 0.4) is 0 Å². The molecule has 0 aliphatic carbocycles. The Labute approximate surface area is 114 Å². The van der Waals surface area contributed by atoms with Crippen molar-refractivity contribution in [1.29, 1.82) is 0 Å². The summed E-state index contributed by atoms with van der Waals surface area (Å²) in [7, 11) is 0. The Bertz CT molecular complexity index is 289. The SMILES string of the molecule is C/C=C(C)\C(=C/C)C1CCN(C(CC)CC)CC1. The molecule has 0 bridgehead atoms. The van der Waals surface area contributed by atoms with Crippen LogP contribution in [-0.4, -0.2) is 24.0 Å². The van der Waals surface area contributed by atoms with Gasteiger partial charge in [0.1, 0.15) is 0 Å². The molecule has 104 valence electrons. The molecule has 1 heteroatoms. The van der Waals surface area contributed by atoms with Gasteiger partial charge in [0.2, 0.25) is 0 Å². The second-order valence-corrected chi connectivity index (χ2v) is 5.50. The second-order valence-electron chi connectivity index (χ2n) is 5.50. The van der Waals surface area contributed by atoms with Crippen LogP contribution in [0.1, 0.15) is 60.3 Å². The lowest BCUT2D eigenvalue weighted by atomic mass is 9.84. The highest BCUT2D eigenvalue weighted by molar-refractivity contribution is 5.30. The van der Waals surface area contributed by atoms with Gasteiger partial charge in [-0.05, 0) is 71.0 Å². The monoisotopic (exact) mass is 249 g/mol. The summed E-state index contributed by atoms with van der Waals surface area (Å²) >= 11 is 0. The van der Waals surface area contributed by atoms with Crippen LogP contribution in [0, 0.1) is 5.92 Å². The highest BCUT2D eigenvalue weighted by Crippen LogP contribution is 2.30. The van der Waals surface area contributed by atoms with Gasteiger partial charge in [0.25, 0.3) is 0 Å². The molecule has 1 saturated heterocycles. The third kappa shape index (κ3) is 3.71. The predicted molar refractivity (Wildman–Crippen MR) is 81.9 cm³/mol.